The first-order valence-electron chi connectivity index (χ1n) is 16.1. The lowest BCUT2D eigenvalue weighted by molar-refractivity contribution is 0.0649. The molecule has 2 aromatic carbocycles. The number of pyridine rings is 1. The Morgan fingerprint density at radius 2 is 2.02 bits per heavy atom. The number of hydrogen-bond donors (Lipinski definition) is 1. The predicted octanol–water partition coefficient (Wildman–Crippen LogP) is 5.42. The van der Waals surface area contributed by atoms with Crippen LogP contribution in [0, 0.1) is 35.3 Å². The molecule has 0 unspecified atom stereocenters. The van der Waals surface area contributed by atoms with Crippen LogP contribution in [0.2, 0.25) is 0 Å². The van der Waals surface area contributed by atoms with Crippen LogP contribution in [-0.4, -0.2) is 77.1 Å². The van der Waals surface area contributed by atoms with E-state index in [9.17, 15) is 4.39 Å². The molecule has 2 N–H and O–H groups in total. The maximum absolute atomic E-state index is 16.9. The Hall–Kier alpha value is -4.40. The Kier molecular flexibility index (Phi) is 6.16. The molecule has 1 spiro atoms. The standard InChI is InChI=1S/C36H33F3N6O2/c1-3-22-26(37)5-4-20-12-21(40)13-23(27(20)22)30-29(39)31-24(15-41-30)33(45-10-11-46-17-25-28(38)32(25)45)43-34(42-31)47-18-36-14-19(2)16-44(36)9-8-35(36)6-7-35/h1,4-5,12-13,15,25,28,32H,2,6-11,14,16-18,40H2/t25-,28-,32-,36-/m0/s1. The maximum Gasteiger partial charge on any atom is 0.319 e. The van der Waals surface area contributed by atoms with Gasteiger partial charge in [0.25, 0.3) is 0 Å². The van der Waals surface area contributed by atoms with E-state index in [1.54, 1.807) is 12.1 Å². The van der Waals surface area contributed by atoms with Crippen molar-refractivity contribution < 1.29 is 22.6 Å². The van der Waals surface area contributed by atoms with Gasteiger partial charge in [-0.05, 0) is 61.2 Å². The van der Waals surface area contributed by atoms with Crippen LogP contribution in [0.3, 0.4) is 0 Å². The van der Waals surface area contributed by atoms with Crippen molar-refractivity contribution in [2.24, 2.45) is 11.3 Å². The Balaban J connectivity index is 1.21. The van der Waals surface area contributed by atoms with Crippen molar-refractivity contribution in [2.75, 3.05) is 50.1 Å². The van der Waals surface area contributed by atoms with Gasteiger partial charge < -0.3 is 20.1 Å². The van der Waals surface area contributed by atoms with Crippen LogP contribution in [-0.2, 0) is 4.74 Å². The second-order valence-corrected chi connectivity index (χ2v) is 13.8. The summed E-state index contributed by atoms with van der Waals surface area (Å²) in [6, 6.07) is 5.54. The van der Waals surface area contributed by atoms with Gasteiger partial charge in [-0.1, -0.05) is 24.1 Å². The zero-order chi connectivity index (χ0) is 32.2. The molecule has 5 fully saturated rings. The number of hydrogen-bond acceptors (Lipinski definition) is 8. The van der Waals surface area contributed by atoms with Crippen LogP contribution in [0.25, 0.3) is 32.9 Å². The van der Waals surface area contributed by atoms with Gasteiger partial charge in [0.15, 0.2) is 5.82 Å². The summed E-state index contributed by atoms with van der Waals surface area (Å²) in [6.07, 6.45) is 10.3. The second kappa shape index (κ2) is 10.1. The minimum Gasteiger partial charge on any atom is -0.461 e. The van der Waals surface area contributed by atoms with Crippen molar-refractivity contribution in [2.45, 2.75) is 43.4 Å². The number of alkyl halides is 1. The molecule has 0 bridgehead atoms. The lowest BCUT2D eigenvalue weighted by Crippen LogP contribution is -2.49. The number of ether oxygens (including phenoxy) is 2. The average Bonchev–Trinajstić information content (AvgIpc) is 3.93. The molecule has 8 nitrogen and oxygen atoms in total. The lowest BCUT2D eigenvalue weighted by atomic mass is 9.80. The molecule has 3 aliphatic heterocycles. The van der Waals surface area contributed by atoms with Gasteiger partial charge in [-0.15, -0.1) is 6.42 Å². The first kappa shape index (κ1) is 28.8. The molecular weight excluding hydrogens is 605 g/mol. The molecule has 2 saturated carbocycles. The molecule has 4 aromatic rings. The summed E-state index contributed by atoms with van der Waals surface area (Å²) < 4.78 is 59.0. The number of nitrogens with zero attached hydrogens (tertiary/aromatic N) is 5. The van der Waals surface area contributed by atoms with Gasteiger partial charge in [0.2, 0.25) is 0 Å². The molecule has 4 atom stereocenters. The highest BCUT2D eigenvalue weighted by molar-refractivity contribution is 6.03. The normalized spacial score (nSPS) is 27.6. The highest BCUT2D eigenvalue weighted by atomic mass is 19.1. The number of anilines is 2. The van der Waals surface area contributed by atoms with E-state index in [4.69, 9.17) is 26.6 Å². The van der Waals surface area contributed by atoms with Crippen LogP contribution < -0.4 is 15.4 Å². The van der Waals surface area contributed by atoms with E-state index < -0.39 is 23.8 Å². The highest BCUT2D eigenvalue weighted by Gasteiger charge is 2.67. The third-order valence-electron chi connectivity index (χ3n) is 11.3. The minimum absolute atomic E-state index is 0.00338. The van der Waals surface area contributed by atoms with E-state index in [1.165, 1.54) is 23.9 Å². The van der Waals surface area contributed by atoms with Gasteiger partial charge in [-0.3, -0.25) is 9.88 Å². The fourth-order valence-electron chi connectivity index (χ4n) is 8.72. The van der Waals surface area contributed by atoms with Crippen LogP contribution in [0.15, 0.2) is 42.6 Å². The molecule has 47 heavy (non-hydrogen) atoms. The summed E-state index contributed by atoms with van der Waals surface area (Å²) in [5.41, 5.74) is 7.79. The monoisotopic (exact) mass is 638 g/mol. The fraction of sp³-hybridized carbons (Fsp3) is 0.417. The topological polar surface area (TPSA) is 89.6 Å². The van der Waals surface area contributed by atoms with E-state index in [0.29, 0.717) is 54.0 Å². The van der Waals surface area contributed by atoms with Crippen LogP contribution in [0.4, 0.5) is 24.7 Å². The first-order chi connectivity index (χ1) is 22.7. The largest absolute Gasteiger partial charge is 0.461 e. The van der Waals surface area contributed by atoms with Gasteiger partial charge in [0.05, 0.1) is 35.7 Å². The number of rotatable bonds is 5. The number of fused-ring (bicyclic) bond motifs is 5. The molecule has 0 amide bonds. The molecular formula is C36H33F3N6O2. The van der Waals surface area contributed by atoms with E-state index in [-0.39, 0.29) is 45.2 Å². The summed E-state index contributed by atoms with van der Waals surface area (Å²) in [5.74, 6) is 1.07. The van der Waals surface area contributed by atoms with Crippen molar-refractivity contribution in [1.29, 1.82) is 0 Å². The first-order valence-corrected chi connectivity index (χ1v) is 16.1. The van der Waals surface area contributed by atoms with Crippen molar-refractivity contribution in [3.63, 3.8) is 0 Å². The van der Waals surface area contributed by atoms with Gasteiger partial charge in [-0.25, -0.2) is 13.2 Å². The molecule has 9 rings (SSSR count). The van der Waals surface area contributed by atoms with Crippen molar-refractivity contribution in [3.05, 3.63) is 59.8 Å². The molecule has 5 heterocycles. The van der Waals surface area contributed by atoms with Crippen molar-refractivity contribution in [1.82, 2.24) is 19.9 Å². The smallest absolute Gasteiger partial charge is 0.319 e. The summed E-state index contributed by atoms with van der Waals surface area (Å²) in [5, 5.41) is 1.18. The van der Waals surface area contributed by atoms with E-state index >= 15 is 8.78 Å². The van der Waals surface area contributed by atoms with Gasteiger partial charge in [0, 0.05) is 41.8 Å². The van der Waals surface area contributed by atoms with Crippen LogP contribution in [0.1, 0.15) is 31.2 Å². The molecule has 3 saturated heterocycles. The third kappa shape index (κ3) is 4.14. The average molecular weight is 639 g/mol. The summed E-state index contributed by atoms with van der Waals surface area (Å²) in [4.78, 5) is 18.3. The summed E-state index contributed by atoms with van der Waals surface area (Å²) in [6.45, 7) is 7.49. The van der Waals surface area contributed by atoms with Gasteiger partial charge >= 0.3 is 6.01 Å². The van der Waals surface area contributed by atoms with Crippen molar-refractivity contribution in [3.8, 4) is 29.6 Å². The molecule has 5 aliphatic rings. The van der Waals surface area contributed by atoms with Crippen LogP contribution in [0.5, 0.6) is 6.01 Å². The predicted molar refractivity (Wildman–Crippen MR) is 173 cm³/mol. The van der Waals surface area contributed by atoms with Crippen LogP contribution >= 0.6 is 0 Å². The fourth-order valence-corrected chi connectivity index (χ4v) is 8.72. The molecule has 0 radical (unpaired) electrons. The molecule has 11 heteroatoms. The Labute approximate surface area is 269 Å². The lowest BCUT2D eigenvalue weighted by Gasteiger charge is -2.37. The number of nitrogens with two attached hydrogens (primary N) is 1. The zero-order valence-corrected chi connectivity index (χ0v) is 25.7. The van der Waals surface area contributed by atoms with E-state index in [0.717, 1.165) is 38.8 Å². The summed E-state index contributed by atoms with van der Waals surface area (Å²) >= 11 is 0. The highest BCUT2D eigenvalue weighted by Crippen LogP contribution is 2.66. The number of aromatic nitrogens is 3. The molecule has 240 valence electrons. The van der Waals surface area contributed by atoms with E-state index in [2.05, 4.69) is 27.4 Å². The number of terminal acetylenes is 1. The minimum atomic E-state index is -1.09. The number of benzene rings is 2. The Morgan fingerprint density at radius 3 is 2.83 bits per heavy atom. The molecule has 2 aliphatic carbocycles. The Bertz CT molecular complexity index is 2060. The van der Waals surface area contributed by atoms with E-state index in [1.807, 2.05) is 4.90 Å². The van der Waals surface area contributed by atoms with Crippen molar-refractivity contribution >= 4 is 33.2 Å². The third-order valence-corrected chi connectivity index (χ3v) is 11.3. The van der Waals surface area contributed by atoms with Gasteiger partial charge in [0.1, 0.15) is 35.6 Å². The zero-order valence-electron chi connectivity index (χ0n) is 25.7. The Morgan fingerprint density at radius 1 is 1.17 bits per heavy atom. The maximum atomic E-state index is 16.9. The second-order valence-electron chi connectivity index (χ2n) is 13.8. The summed E-state index contributed by atoms with van der Waals surface area (Å²) in [7, 11) is 0. The number of halogens is 3. The quantitative estimate of drug-likeness (QED) is 0.176. The number of nitrogen functional groups attached to an aromatic ring is 1. The van der Waals surface area contributed by atoms with Gasteiger partial charge in [-0.2, -0.15) is 9.97 Å². The SMILES string of the molecule is C#Cc1c(F)ccc2cc(N)cc(-c3ncc4c(N5CCOC[C@H]6[C@H](F)[C@H]65)nc(OC[C@]56CC(=C)CN5CCC65CC5)nc4c3F)c12. The molecule has 2 aromatic heterocycles.